The van der Waals surface area contributed by atoms with Crippen LogP contribution in [0.4, 0.5) is 0 Å². The number of carbonyl (C=O) groups is 2. The van der Waals surface area contributed by atoms with Crippen LogP contribution in [0.1, 0.15) is 39.6 Å². The molecule has 0 amide bonds. The lowest BCUT2D eigenvalue weighted by molar-refractivity contribution is -0.138. The number of hydrogen-bond donors (Lipinski definition) is 1. The monoisotopic (exact) mass is 303 g/mol. The van der Waals surface area contributed by atoms with Gasteiger partial charge in [0.25, 0.3) is 0 Å². The molecule has 0 aliphatic carbocycles. The summed E-state index contributed by atoms with van der Waals surface area (Å²) in [4.78, 5) is 23.8. The first-order valence-electron chi connectivity index (χ1n) is 6.72. The molecule has 5 heteroatoms. The Morgan fingerprint density at radius 3 is 2.57 bits per heavy atom. The molecule has 0 radical (unpaired) electrons. The molecule has 1 aromatic heterocycles. The highest BCUT2D eigenvalue weighted by Crippen LogP contribution is 2.36. The standard InChI is InChI=1S/C16H14ClNO3/c1-9-2-4-10(5-3-9)15(19)14-12(17)8-13-11(16(20)21)6-7-18(13)14/h2-5,8,11H,6-7H2,1H3,(H,20,21). The first-order valence-corrected chi connectivity index (χ1v) is 7.10. The number of rotatable bonds is 3. The second-order valence-corrected chi connectivity index (χ2v) is 5.70. The first-order chi connectivity index (χ1) is 9.99. The number of fused-ring (bicyclic) bond motifs is 1. The average molecular weight is 304 g/mol. The lowest BCUT2D eigenvalue weighted by Gasteiger charge is -2.06. The summed E-state index contributed by atoms with van der Waals surface area (Å²) >= 11 is 6.17. The Morgan fingerprint density at radius 2 is 1.95 bits per heavy atom. The Balaban J connectivity index is 2.04. The van der Waals surface area contributed by atoms with E-state index in [1.54, 1.807) is 22.8 Å². The van der Waals surface area contributed by atoms with Crippen LogP contribution >= 0.6 is 11.6 Å². The highest BCUT2D eigenvalue weighted by atomic mass is 35.5. The molecule has 0 saturated heterocycles. The summed E-state index contributed by atoms with van der Waals surface area (Å²) in [5.41, 5.74) is 2.63. The molecule has 0 bridgehead atoms. The van der Waals surface area contributed by atoms with E-state index >= 15 is 0 Å². The van der Waals surface area contributed by atoms with Crippen LogP contribution < -0.4 is 0 Å². The SMILES string of the molecule is Cc1ccc(C(=O)c2c(Cl)cc3n2CCC3C(=O)O)cc1. The molecule has 0 saturated carbocycles. The van der Waals surface area contributed by atoms with Crippen LogP contribution in [0, 0.1) is 6.92 Å². The van der Waals surface area contributed by atoms with Crippen LogP contribution in [0.15, 0.2) is 30.3 Å². The molecule has 1 aromatic carbocycles. The molecular weight excluding hydrogens is 290 g/mol. The van der Waals surface area contributed by atoms with E-state index in [-0.39, 0.29) is 5.78 Å². The van der Waals surface area contributed by atoms with E-state index in [1.807, 2.05) is 19.1 Å². The maximum atomic E-state index is 12.6. The van der Waals surface area contributed by atoms with Gasteiger partial charge in [-0.3, -0.25) is 9.59 Å². The fourth-order valence-electron chi connectivity index (χ4n) is 2.79. The predicted molar refractivity (Wildman–Crippen MR) is 79.0 cm³/mol. The Bertz CT molecular complexity index is 731. The molecule has 4 nitrogen and oxygen atoms in total. The van der Waals surface area contributed by atoms with Gasteiger partial charge in [-0.25, -0.2) is 0 Å². The lowest BCUT2D eigenvalue weighted by atomic mass is 10.0. The molecule has 2 heterocycles. The van der Waals surface area contributed by atoms with Gasteiger partial charge in [0.1, 0.15) is 5.69 Å². The number of aryl methyl sites for hydroxylation is 1. The van der Waals surface area contributed by atoms with Gasteiger partial charge >= 0.3 is 5.97 Å². The summed E-state index contributed by atoms with van der Waals surface area (Å²) in [5.74, 6) is -1.63. The number of aromatic nitrogens is 1. The van der Waals surface area contributed by atoms with E-state index in [2.05, 4.69) is 0 Å². The first kappa shape index (κ1) is 13.9. The molecule has 1 aliphatic heterocycles. The summed E-state index contributed by atoms with van der Waals surface area (Å²) in [6.45, 7) is 2.46. The van der Waals surface area contributed by atoms with E-state index in [9.17, 15) is 14.7 Å². The number of aliphatic carboxylic acids is 1. The minimum absolute atomic E-state index is 0.169. The third-order valence-corrected chi connectivity index (χ3v) is 4.20. The van der Waals surface area contributed by atoms with Gasteiger partial charge in [-0.15, -0.1) is 0 Å². The molecule has 1 unspecified atom stereocenters. The van der Waals surface area contributed by atoms with Gasteiger partial charge in [0.2, 0.25) is 5.78 Å². The smallest absolute Gasteiger partial charge is 0.312 e. The number of hydrogen-bond acceptors (Lipinski definition) is 2. The quantitative estimate of drug-likeness (QED) is 0.885. The highest BCUT2D eigenvalue weighted by Gasteiger charge is 2.33. The van der Waals surface area contributed by atoms with Crippen LogP contribution in [-0.4, -0.2) is 21.4 Å². The highest BCUT2D eigenvalue weighted by molar-refractivity contribution is 6.35. The molecule has 0 fully saturated rings. The zero-order valence-corrected chi connectivity index (χ0v) is 12.2. The molecule has 108 valence electrons. The lowest BCUT2D eigenvalue weighted by Crippen LogP contribution is -2.10. The second-order valence-electron chi connectivity index (χ2n) is 5.29. The van der Waals surface area contributed by atoms with Crippen molar-refractivity contribution in [3.8, 4) is 0 Å². The van der Waals surface area contributed by atoms with Crippen molar-refractivity contribution in [3.05, 3.63) is 57.9 Å². The van der Waals surface area contributed by atoms with E-state index in [4.69, 9.17) is 11.6 Å². The number of nitrogens with zero attached hydrogens (tertiary/aromatic N) is 1. The average Bonchev–Trinajstić information content (AvgIpc) is 2.96. The summed E-state index contributed by atoms with van der Waals surface area (Å²) in [7, 11) is 0. The van der Waals surface area contributed by atoms with Crippen LogP contribution in [0.2, 0.25) is 5.02 Å². The van der Waals surface area contributed by atoms with Crippen molar-refractivity contribution < 1.29 is 14.7 Å². The number of carbonyl (C=O) groups excluding carboxylic acids is 1. The number of carboxylic acid groups (broad SMARTS) is 1. The van der Waals surface area contributed by atoms with Crippen molar-refractivity contribution in [1.29, 1.82) is 0 Å². The zero-order chi connectivity index (χ0) is 15.1. The van der Waals surface area contributed by atoms with Gasteiger partial charge in [0, 0.05) is 17.8 Å². The van der Waals surface area contributed by atoms with Gasteiger partial charge < -0.3 is 9.67 Å². The zero-order valence-electron chi connectivity index (χ0n) is 11.5. The van der Waals surface area contributed by atoms with E-state index < -0.39 is 11.9 Å². The van der Waals surface area contributed by atoms with Crippen molar-refractivity contribution in [1.82, 2.24) is 4.57 Å². The fraction of sp³-hybridized carbons (Fsp3) is 0.250. The number of carboxylic acids is 1. The van der Waals surface area contributed by atoms with E-state index in [0.717, 1.165) is 5.56 Å². The van der Waals surface area contributed by atoms with Gasteiger partial charge in [-0.2, -0.15) is 0 Å². The Labute approximate surface area is 127 Å². The molecule has 2 aromatic rings. The maximum absolute atomic E-state index is 12.6. The molecule has 1 aliphatic rings. The number of halogens is 1. The minimum atomic E-state index is -0.878. The van der Waals surface area contributed by atoms with Crippen LogP contribution in [0.5, 0.6) is 0 Å². The van der Waals surface area contributed by atoms with Crippen molar-refractivity contribution in [2.24, 2.45) is 0 Å². The largest absolute Gasteiger partial charge is 0.481 e. The van der Waals surface area contributed by atoms with Crippen LogP contribution in [-0.2, 0) is 11.3 Å². The topological polar surface area (TPSA) is 59.3 Å². The fourth-order valence-corrected chi connectivity index (χ4v) is 3.09. The molecule has 1 atom stereocenters. The predicted octanol–water partition coefficient (Wildman–Crippen LogP) is 3.25. The van der Waals surface area contributed by atoms with Crippen molar-refractivity contribution >= 4 is 23.4 Å². The normalized spacial score (nSPS) is 16.8. The minimum Gasteiger partial charge on any atom is -0.481 e. The van der Waals surface area contributed by atoms with Crippen LogP contribution in [0.3, 0.4) is 0 Å². The molecular formula is C16H14ClNO3. The molecule has 0 spiro atoms. The van der Waals surface area contributed by atoms with Gasteiger partial charge in [0.05, 0.1) is 10.9 Å². The Kier molecular flexibility index (Phi) is 3.33. The molecule has 1 N–H and O–H groups in total. The summed E-state index contributed by atoms with van der Waals surface area (Å²) in [5, 5.41) is 9.53. The van der Waals surface area contributed by atoms with Gasteiger partial charge in [0.15, 0.2) is 0 Å². The summed E-state index contributed by atoms with van der Waals surface area (Å²) in [6.07, 6.45) is 0.496. The van der Waals surface area contributed by atoms with Crippen molar-refractivity contribution in [3.63, 3.8) is 0 Å². The van der Waals surface area contributed by atoms with Crippen LogP contribution in [0.25, 0.3) is 0 Å². The Hall–Kier alpha value is -2.07. The molecule has 21 heavy (non-hydrogen) atoms. The third kappa shape index (κ3) is 2.25. The third-order valence-electron chi connectivity index (χ3n) is 3.91. The molecule has 3 rings (SSSR count). The number of ketones is 1. The van der Waals surface area contributed by atoms with Crippen molar-refractivity contribution in [2.75, 3.05) is 0 Å². The maximum Gasteiger partial charge on any atom is 0.312 e. The van der Waals surface area contributed by atoms with E-state index in [1.165, 1.54) is 0 Å². The summed E-state index contributed by atoms with van der Waals surface area (Å²) in [6, 6.07) is 8.87. The number of benzene rings is 1. The van der Waals surface area contributed by atoms with E-state index in [0.29, 0.717) is 34.9 Å². The summed E-state index contributed by atoms with van der Waals surface area (Å²) < 4.78 is 1.74. The van der Waals surface area contributed by atoms with Gasteiger partial charge in [-0.05, 0) is 19.4 Å². The van der Waals surface area contributed by atoms with Crippen molar-refractivity contribution in [2.45, 2.75) is 25.8 Å². The van der Waals surface area contributed by atoms with Gasteiger partial charge in [-0.1, -0.05) is 41.4 Å². The Morgan fingerprint density at radius 1 is 1.29 bits per heavy atom. The second kappa shape index (κ2) is 5.04.